The Kier molecular flexibility index (Phi) is 6.20. The second kappa shape index (κ2) is 9.07. The van der Waals surface area contributed by atoms with E-state index in [1.54, 1.807) is 31.2 Å². The van der Waals surface area contributed by atoms with Crippen LogP contribution >= 0.6 is 0 Å². The van der Waals surface area contributed by atoms with Crippen molar-refractivity contribution in [3.63, 3.8) is 0 Å². The molecule has 2 N–H and O–H groups in total. The number of hydrogen-bond donors (Lipinski definition) is 2. The number of imidazole rings is 1. The van der Waals surface area contributed by atoms with Crippen molar-refractivity contribution in [2.45, 2.75) is 32.2 Å². The lowest BCUT2D eigenvalue weighted by Crippen LogP contribution is -2.28. The van der Waals surface area contributed by atoms with Gasteiger partial charge in [0.25, 0.3) is 15.9 Å². The first-order valence-electron chi connectivity index (χ1n) is 10.6. The van der Waals surface area contributed by atoms with E-state index in [1.165, 1.54) is 12.1 Å². The van der Waals surface area contributed by atoms with Gasteiger partial charge in [0.1, 0.15) is 5.82 Å². The molecule has 0 aliphatic rings. The van der Waals surface area contributed by atoms with Crippen molar-refractivity contribution in [1.82, 2.24) is 14.9 Å². The van der Waals surface area contributed by atoms with E-state index in [9.17, 15) is 13.2 Å². The monoisotopic (exact) mass is 462 g/mol. The van der Waals surface area contributed by atoms with Crippen molar-refractivity contribution in [1.29, 1.82) is 0 Å². The molecule has 0 fully saturated rings. The van der Waals surface area contributed by atoms with Gasteiger partial charge < -0.3 is 9.88 Å². The lowest BCUT2D eigenvalue weighted by Gasteiger charge is -2.13. The summed E-state index contributed by atoms with van der Waals surface area (Å²) in [6.07, 6.45) is 0. The van der Waals surface area contributed by atoms with Crippen LogP contribution in [0, 0.1) is 20.8 Å². The topological polar surface area (TPSA) is 93.1 Å². The number of amides is 1. The maximum absolute atomic E-state index is 12.9. The fourth-order valence-corrected chi connectivity index (χ4v) is 4.87. The Hall–Kier alpha value is -3.65. The van der Waals surface area contributed by atoms with Crippen molar-refractivity contribution < 1.29 is 13.2 Å². The predicted octanol–water partition coefficient (Wildman–Crippen LogP) is 4.19. The molecular formula is C25H26N4O3S. The van der Waals surface area contributed by atoms with Crippen LogP contribution in [0.25, 0.3) is 11.0 Å². The zero-order valence-electron chi connectivity index (χ0n) is 18.8. The second-order valence-electron chi connectivity index (χ2n) is 8.01. The molecule has 0 aliphatic heterocycles. The van der Waals surface area contributed by atoms with Gasteiger partial charge in [-0.1, -0.05) is 30.3 Å². The highest BCUT2D eigenvalue weighted by Crippen LogP contribution is 2.20. The minimum absolute atomic E-state index is 0.0382. The highest BCUT2D eigenvalue weighted by atomic mass is 32.2. The number of carbonyl (C=O) groups is 1. The minimum atomic E-state index is -3.83. The highest BCUT2D eigenvalue weighted by Gasteiger charge is 2.18. The fourth-order valence-electron chi connectivity index (χ4n) is 3.79. The number of nitrogens with one attached hydrogen (secondary N) is 2. The summed E-state index contributed by atoms with van der Waals surface area (Å²) >= 11 is 0. The fraction of sp³-hybridized carbons (Fsp3) is 0.200. The number of aryl methyl sites for hydroxylation is 3. The van der Waals surface area contributed by atoms with Crippen LogP contribution in [0.1, 0.15) is 27.3 Å². The molecule has 0 aliphatic carbocycles. The Bertz CT molecular complexity index is 1440. The molecule has 170 valence electrons. The molecule has 1 amide bonds. The van der Waals surface area contributed by atoms with Gasteiger partial charge in [0, 0.05) is 24.3 Å². The van der Waals surface area contributed by atoms with Crippen LogP contribution in [0.15, 0.2) is 71.6 Å². The molecule has 0 saturated carbocycles. The Morgan fingerprint density at radius 3 is 2.55 bits per heavy atom. The molecule has 0 bridgehead atoms. The molecule has 1 aromatic heterocycles. The molecule has 0 spiro atoms. The SMILES string of the molecule is Cc1cccc(NS(=O)(=O)c2ccc(C)c(C(=O)NCCn3c(C)nc4ccccc43)c2)c1. The van der Waals surface area contributed by atoms with E-state index in [4.69, 9.17) is 0 Å². The Labute approximate surface area is 193 Å². The summed E-state index contributed by atoms with van der Waals surface area (Å²) in [6, 6.07) is 19.5. The van der Waals surface area contributed by atoms with E-state index in [0.29, 0.717) is 29.9 Å². The van der Waals surface area contributed by atoms with Crippen LogP contribution < -0.4 is 10.0 Å². The summed E-state index contributed by atoms with van der Waals surface area (Å²) in [4.78, 5) is 17.4. The maximum Gasteiger partial charge on any atom is 0.261 e. The molecule has 0 saturated heterocycles. The van der Waals surface area contributed by atoms with Gasteiger partial charge in [0.05, 0.1) is 15.9 Å². The molecule has 4 aromatic rings. The summed E-state index contributed by atoms with van der Waals surface area (Å²) in [5.41, 5.74) is 4.37. The first-order valence-corrected chi connectivity index (χ1v) is 12.1. The Morgan fingerprint density at radius 1 is 0.970 bits per heavy atom. The number of anilines is 1. The maximum atomic E-state index is 12.9. The molecule has 8 heteroatoms. The van der Waals surface area contributed by atoms with Crippen molar-refractivity contribution in [2.75, 3.05) is 11.3 Å². The number of rotatable bonds is 7. The average molecular weight is 463 g/mol. The minimum Gasteiger partial charge on any atom is -0.350 e. The van der Waals surface area contributed by atoms with Gasteiger partial charge >= 0.3 is 0 Å². The molecule has 0 atom stereocenters. The van der Waals surface area contributed by atoms with Gasteiger partial charge in [-0.05, 0) is 68.3 Å². The third kappa shape index (κ3) is 4.90. The number of benzene rings is 3. The first-order chi connectivity index (χ1) is 15.7. The zero-order chi connectivity index (χ0) is 23.6. The smallest absolute Gasteiger partial charge is 0.261 e. The second-order valence-corrected chi connectivity index (χ2v) is 9.69. The van der Waals surface area contributed by atoms with Crippen LogP contribution in [0.4, 0.5) is 5.69 Å². The van der Waals surface area contributed by atoms with Gasteiger partial charge in [-0.2, -0.15) is 0 Å². The zero-order valence-corrected chi connectivity index (χ0v) is 19.6. The van der Waals surface area contributed by atoms with E-state index in [1.807, 2.05) is 44.2 Å². The van der Waals surface area contributed by atoms with Crippen LogP contribution in [-0.2, 0) is 16.6 Å². The highest BCUT2D eigenvalue weighted by molar-refractivity contribution is 7.92. The Morgan fingerprint density at radius 2 is 1.76 bits per heavy atom. The summed E-state index contributed by atoms with van der Waals surface area (Å²) in [5.74, 6) is 0.555. The molecule has 7 nitrogen and oxygen atoms in total. The van der Waals surface area contributed by atoms with Crippen molar-refractivity contribution in [3.05, 3.63) is 89.2 Å². The van der Waals surface area contributed by atoms with Crippen molar-refractivity contribution >= 4 is 32.7 Å². The first kappa shape index (κ1) is 22.5. The molecule has 1 heterocycles. The number of hydrogen-bond acceptors (Lipinski definition) is 4. The molecular weight excluding hydrogens is 436 g/mol. The summed E-state index contributed by atoms with van der Waals surface area (Å²) < 4.78 is 30.4. The number of carbonyl (C=O) groups excluding carboxylic acids is 1. The third-order valence-corrected chi connectivity index (χ3v) is 6.88. The van der Waals surface area contributed by atoms with Gasteiger partial charge in [-0.25, -0.2) is 13.4 Å². The lowest BCUT2D eigenvalue weighted by molar-refractivity contribution is 0.0951. The normalized spacial score (nSPS) is 11.5. The van der Waals surface area contributed by atoms with Crippen LogP contribution in [-0.4, -0.2) is 30.4 Å². The van der Waals surface area contributed by atoms with E-state index < -0.39 is 10.0 Å². The predicted molar refractivity (Wildman–Crippen MR) is 130 cm³/mol. The van der Waals surface area contributed by atoms with E-state index >= 15 is 0 Å². The molecule has 33 heavy (non-hydrogen) atoms. The lowest BCUT2D eigenvalue weighted by atomic mass is 10.1. The molecule has 4 rings (SSSR count). The van der Waals surface area contributed by atoms with E-state index in [0.717, 1.165) is 22.4 Å². The number of sulfonamides is 1. The number of para-hydroxylation sites is 2. The number of fused-ring (bicyclic) bond motifs is 1. The van der Waals surface area contributed by atoms with Crippen molar-refractivity contribution in [3.8, 4) is 0 Å². The van der Waals surface area contributed by atoms with E-state index in [-0.39, 0.29) is 10.8 Å². The average Bonchev–Trinajstić information content (AvgIpc) is 3.08. The molecule has 0 unspecified atom stereocenters. The quantitative estimate of drug-likeness (QED) is 0.431. The molecule has 3 aromatic carbocycles. The molecule has 0 radical (unpaired) electrons. The van der Waals surface area contributed by atoms with Crippen molar-refractivity contribution in [2.24, 2.45) is 0 Å². The van der Waals surface area contributed by atoms with Crippen LogP contribution in [0.5, 0.6) is 0 Å². The largest absolute Gasteiger partial charge is 0.350 e. The van der Waals surface area contributed by atoms with Gasteiger partial charge in [-0.15, -0.1) is 0 Å². The summed E-state index contributed by atoms with van der Waals surface area (Å²) in [7, 11) is -3.83. The Balaban J connectivity index is 1.49. The van der Waals surface area contributed by atoms with Gasteiger partial charge in [0.2, 0.25) is 0 Å². The summed E-state index contributed by atoms with van der Waals surface area (Å²) in [6.45, 7) is 6.55. The number of nitrogens with zero attached hydrogens (tertiary/aromatic N) is 2. The standard InChI is InChI=1S/C25H26N4O3S/c1-17-7-6-8-20(15-17)28-33(31,32)21-12-11-18(2)22(16-21)25(30)26-13-14-29-19(3)27-23-9-4-5-10-24(23)29/h4-12,15-16,28H,13-14H2,1-3H3,(H,26,30). The third-order valence-electron chi connectivity index (χ3n) is 5.50. The van der Waals surface area contributed by atoms with Gasteiger partial charge in [-0.3, -0.25) is 9.52 Å². The van der Waals surface area contributed by atoms with Gasteiger partial charge in [0.15, 0.2) is 0 Å². The van der Waals surface area contributed by atoms with Crippen LogP contribution in [0.2, 0.25) is 0 Å². The van der Waals surface area contributed by atoms with E-state index in [2.05, 4.69) is 19.6 Å². The van der Waals surface area contributed by atoms with Crippen LogP contribution in [0.3, 0.4) is 0 Å². The number of aromatic nitrogens is 2. The summed E-state index contributed by atoms with van der Waals surface area (Å²) in [5, 5.41) is 2.90.